The predicted molar refractivity (Wildman–Crippen MR) is 115 cm³/mol. The van der Waals surface area contributed by atoms with Crippen LogP contribution >= 0.6 is 23.2 Å². The number of rotatable bonds is 7. The summed E-state index contributed by atoms with van der Waals surface area (Å²) in [4.78, 5) is 16.4. The first-order valence-corrected chi connectivity index (χ1v) is 11.0. The van der Waals surface area contributed by atoms with Crippen molar-refractivity contribution in [1.29, 1.82) is 0 Å². The first-order valence-electron chi connectivity index (χ1n) is 10.2. The molecule has 1 aliphatic heterocycles. The molecule has 2 N–H and O–H groups in total. The number of methoxy groups -OCH3 is 1. The molecular formula is C21H31Cl2N3O2. The summed E-state index contributed by atoms with van der Waals surface area (Å²) in [5.74, 6) is 0.690. The van der Waals surface area contributed by atoms with E-state index in [4.69, 9.17) is 33.7 Å². The smallest absolute Gasteiger partial charge is 0.246 e. The number of benzene rings is 1. The van der Waals surface area contributed by atoms with Gasteiger partial charge in [-0.2, -0.15) is 0 Å². The minimum atomic E-state index is -0.424. The molecule has 3 rings (SSSR count). The molecule has 156 valence electrons. The van der Waals surface area contributed by atoms with Gasteiger partial charge in [0.1, 0.15) is 6.10 Å². The minimum absolute atomic E-state index is 0.282. The molecule has 1 unspecified atom stereocenters. The number of nitrogens with zero attached hydrogens (tertiary/aromatic N) is 2. The maximum absolute atomic E-state index is 11.5. The molecule has 7 heteroatoms. The number of primary amides is 1. The van der Waals surface area contributed by atoms with Gasteiger partial charge in [-0.1, -0.05) is 42.1 Å². The number of amides is 1. The van der Waals surface area contributed by atoms with Crippen LogP contribution in [0.25, 0.3) is 0 Å². The van der Waals surface area contributed by atoms with E-state index < -0.39 is 6.10 Å². The highest BCUT2D eigenvalue weighted by molar-refractivity contribution is 6.43. The highest BCUT2D eigenvalue weighted by atomic mass is 35.5. The predicted octanol–water partition coefficient (Wildman–Crippen LogP) is 3.81. The number of ether oxygens (including phenoxy) is 1. The molecule has 1 saturated carbocycles. The fourth-order valence-corrected chi connectivity index (χ4v) is 5.05. The second-order valence-corrected chi connectivity index (χ2v) is 8.81. The maximum Gasteiger partial charge on any atom is 0.246 e. The van der Waals surface area contributed by atoms with Gasteiger partial charge < -0.3 is 15.4 Å². The van der Waals surface area contributed by atoms with Crippen LogP contribution in [-0.2, 0) is 9.53 Å². The lowest BCUT2D eigenvalue weighted by Gasteiger charge is -2.38. The van der Waals surface area contributed by atoms with Crippen LogP contribution in [-0.4, -0.2) is 56.7 Å². The van der Waals surface area contributed by atoms with E-state index in [-0.39, 0.29) is 11.8 Å². The molecule has 1 amide bonds. The molecule has 0 spiro atoms. The summed E-state index contributed by atoms with van der Waals surface area (Å²) in [7, 11) is 1.58. The molecule has 0 radical (unpaired) electrons. The zero-order valence-electron chi connectivity index (χ0n) is 16.6. The van der Waals surface area contributed by atoms with Crippen LogP contribution in [0.1, 0.15) is 32.1 Å². The van der Waals surface area contributed by atoms with Gasteiger partial charge in [0, 0.05) is 33.3 Å². The Morgan fingerprint density at radius 2 is 1.86 bits per heavy atom. The topological polar surface area (TPSA) is 58.8 Å². The molecule has 2 aliphatic rings. The Bertz CT molecular complexity index is 657. The summed E-state index contributed by atoms with van der Waals surface area (Å²) >= 11 is 12.5. The van der Waals surface area contributed by atoms with Gasteiger partial charge in [0.15, 0.2) is 0 Å². The number of hydrogen-bond acceptors (Lipinski definition) is 4. The Labute approximate surface area is 178 Å². The van der Waals surface area contributed by atoms with Gasteiger partial charge in [0.2, 0.25) is 5.91 Å². The average molecular weight is 428 g/mol. The fourth-order valence-electron chi connectivity index (χ4n) is 4.63. The van der Waals surface area contributed by atoms with Crippen molar-refractivity contribution >= 4 is 34.8 Å². The van der Waals surface area contributed by atoms with Gasteiger partial charge in [-0.05, 0) is 49.8 Å². The van der Waals surface area contributed by atoms with Crippen molar-refractivity contribution < 1.29 is 9.53 Å². The van der Waals surface area contributed by atoms with Crippen LogP contribution in [0, 0.1) is 11.8 Å². The minimum Gasteiger partial charge on any atom is -0.371 e. The molecule has 1 atom stereocenters. The van der Waals surface area contributed by atoms with Crippen molar-refractivity contribution in [2.75, 3.05) is 44.7 Å². The average Bonchev–Trinajstić information content (AvgIpc) is 2.70. The molecule has 28 heavy (non-hydrogen) atoms. The van der Waals surface area contributed by atoms with Crippen molar-refractivity contribution in [1.82, 2.24) is 4.90 Å². The van der Waals surface area contributed by atoms with Crippen molar-refractivity contribution in [3.8, 4) is 0 Å². The lowest BCUT2D eigenvalue weighted by atomic mass is 9.78. The van der Waals surface area contributed by atoms with Crippen molar-refractivity contribution in [2.45, 2.75) is 38.2 Å². The summed E-state index contributed by atoms with van der Waals surface area (Å²) in [6.07, 6.45) is 5.19. The molecule has 1 saturated heterocycles. The Morgan fingerprint density at radius 3 is 2.46 bits per heavy atom. The summed E-state index contributed by atoms with van der Waals surface area (Å²) in [5, 5.41) is 1.27. The largest absolute Gasteiger partial charge is 0.371 e. The van der Waals surface area contributed by atoms with E-state index in [0.717, 1.165) is 70.0 Å². The van der Waals surface area contributed by atoms with Crippen LogP contribution in [0.3, 0.4) is 0 Å². The van der Waals surface area contributed by atoms with Gasteiger partial charge >= 0.3 is 0 Å². The Kier molecular flexibility index (Phi) is 7.86. The van der Waals surface area contributed by atoms with Crippen LogP contribution in [0.2, 0.25) is 10.0 Å². The van der Waals surface area contributed by atoms with Crippen molar-refractivity contribution in [3.05, 3.63) is 28.2 Å². The van der Waals surface area contributed by atoms with Crippen LogP contribution in [0.4, 0.5) is 5.69 Å². The summed E-state index contributed by atoms with van der Waals surface area (Å²) in [5.41, 5.74) is 6.49. The fraction of sp³-hybridized carbons (Fsp3) is 0.667. The molecule has 1 heterocycles. The summed E-state index contributed by atoms with van der Waals surface area (Å²) < 4.78 is 5.30. The lowest BCUT2D eigenvalue weighted by molar-refractivity contribution is -0.131. The van der Waals surface area contributed by atoms with E-state index in [9.17, 15) is 4.79 Å². The van der Waals surface area contributed by atoms with Crippen LogP contribution in [0.15, 0.2) is 18.2 Å². The number of anilines is 1. The van der Waals surface area contributed by atoms with Gasteiger partial charge in [0.25, 0.3) is 0 Å². The third-order valence-electron chi connectivity index (χ3n) is 6.35. The van der Waals surface area contributed by atoms with Gasteiger partial charge in [-0.25, -0.2) is 0 Å². The number of carbonyl (C=O) groups is 1. The second kappa shape index (κ2) is 10.1. The second-order valence-electron chi connectivity index (χ2n) is 8.03. The SMILES string of the molecule is COC(C(N)=O)C1CCC(CCN2CCN(c3cccc(Cl)c3Cl)CC2)CC1. The van der Waals surface area contributed by atoms with Crippen LogP contribution < -0.4 is 10.6 Å². The zero-order valence-corrected chi connectivity index (χ0v) is 18.1. The zero-order chi connectivity index (χ0) is 20.1. The maximum atomic E-state index is 11.5. The van der Waals surface area contributed by atoms with Crippen LogP contribution in [0.5, 0.6) is 0 Å². The van der Waals surface area contributed by atoms with Gasteiger partial charge in [-0.15, -0.1) is 0 Å². The quantitative estimate of drug-likeness (QED) is 0.718. The molecular weight excluding hydrogens is 397 g/mol. The Hall–Kier alpha value is -1.01. The molecule has 2 fully saturated rings. The third-order valence-corrected chi connectivity index (χ3v) is 7.16. The summed E-state index contributed by atoms with van der Waals surface area (Å²) in [6, 6.07) is 5.83. The van der Waals surface area contributed by atoms with E-state index in [0.29, 0.717) is 10.0 Å². The highest BCUT2D eigenvalue weighted by Crippen LogP contribution is 2.35. The van der Waals surface area contributed by atoms with E-state index >= 15 is 0 Å². The molecule has 5 nitrogen and oxygen atoms in total. The number of carbonyl (C=O) groups excluding carboxylic acids is 1. The molecule has 1 aliphatic carbocycles. The molecule has 0 bridgehead atoms. The summed E-state index contributed by atoms with van der Waals surface area (Å²) in [6.45, 7) is 5.18. The molecule has 0 aromatic heterocycles. The number of halogens is 2. The number of piperazine rings is 1. The van der Waals surface area contributed by atoms with Gasteiger partial charge in [0.05, 0.1) is 15.7 Å². The van der Waals surface area contributed by atoms with Crippen molar-refractivity contribution in [2.24, 2.45) is 17.6 Å². The normalized spacial score (nSPS) is 24.9. The standard InChI is InChI=1S/C21H31Cl2N3O2/c1-28-20(21(24)27)16-7-5-15(6-8-16)9-10-25-11-13-26(14-12-25)18-4-2-3-17(22)19(18)23/h2-4,15-16,20H,5-14H2,1H3,(H2,24,27). The first-order chi connectivity index (χ1) is 13.5. The lowest BCUT2D eigenvalue weighted by Crippen LogP contribution is -2.47. The third kappa shape index (κ3) is 5.32. The van der Waals surface area contributed by atoms with E-state index in [1.807, 2.05) is 18.2 Å². The monoisotopic (exact) mass is 427 g/mol. The molecule has 1 aromatic carbocycles. The van der Waals surface area contributed by atoms with E-state index in [1.54, 1.807) is 7.11 Å². The Balaban J connectivity index is 1.39. The van der Waals surface area contributed by atoms with Crippen molar-refractivity contribution in [3.63, 3.8) is 0 Å². The Morgan fingerprint density at radius 1 is 1.18 bits per heavy atom. The van der Waals surface area contributed by atoms with E-state index in [2.05, 4.69) is 9.80 Å². The number of hydrogen-bond donors (Lipinski definition) is 1. The molecule has 1 aromatic rings. The highest BCUT2D eigenvalue weighted by Gasteiger charge is 2.31. The number of nitrogens with two attached hydrogens (primary N) is 1. The van der Waals surface area contributed by atoms with Gasteiger partial charge in [-0.3, -0.25) is 9.69 Å². The first kappa shape index (κ1) is 21.7. The van der Waals surface area contributed by atoms with E-state index in [1.165, 1.54) is 6.42 Å².